The van der Waals surface area contributed by atoms with Crippen LogP contribution in [0.2, 0.25) is 0 Å². The molecule has 1 aromatic carbocycles. The van der Waals surface area contributed by atoms with Crippen molar-refractivity contribution < 1.29 is 24.2 Å². The predicted octanol–water partition coefficient (Wildman–Crippen LogP) is 1.38. The molecule has 0 aromatic heterocycles. The van der Waals surface area contributed by atoms with E-state index in [-0.39, 0.29) is 30.9 Å². The zero-order valence-corrected chi connectivity index (χ0v) is 14.4. The average molecular weight is 348 g/mol. The zero-order valence-electron chi connectivity index (χ0n) is 14.4. The van der Waals surface area contributed by atoms with E-state index in [0.717, 1.165) is 0 Å². The molecule has 1 aromatic rings. The van der Waals surface area contributed by atoms with E-state index in [1.807, 2.05) is 6.07 Å². The van der Waals surface area contributed by atoms with Crippen molar-refractivity contribution in [2.75, 3.05) is 37.7 Å². The van der Waals surface area contributed by atoms with Crippen molar-refractivity contribution in [1.29, 1.82) is 0 Å². The van der Waals surface area contributed by atoms with Crippen molar-refractivity contribution in [2.45, 2.75) is 19.8 Å². The van der Waals surface area contributed by atoms with Crippen molar-refractivity contribution in [3.8, 4) is 0 Å². The Morgan fingerprint density at radius 2 is 1.80 bits per heavy atom. The van der Waals surface area contributed by atoms with Gasteiger partial charge in [0.1, 0.15) is 6.54 Å². The van der Waals surface area contributed by atoms with Crippen LogP contribution in [0.15, 0.2) is 30.3 Å². The fourth-order valence-electron chi connectivity index (χ4n) is 2.93. The molecule has 0 spiro atoms. The lowest BCUT2D eigenvalue weighted by atomic mass is 9.97. The van der Waals surface area contributed by atoms with Crippen LogP contribution in [0.5, 0.6) is 0 Å². The van der Waals surface area contributed by atoms with Gasteiger partial charge in [0.15, 0.2) is 0 Å². The number of hydrogen-bond acceptors (Lipinski definition) is 5. The number of amides is 1. The van der Waals surface area contributed by atoms with Crippen LogP contribution in [0.4, 0.5) is 5.69 Å². The number of piperidine rings is 1. The number of anilines is 1. The van der Waals surface area contributed by atoms with Gasteiger partial charge < -0.3 is 19.6 Å². The minimum Gasteiger partial charge on any atom is -0.480 e. The second-order valence-electron chi connectivity index (χ2n) is 5.99. The quantitative estimate of drug-likeness (QED) is 0.749. The normalized spacial score (nSPS) is 14.8. The second-order valence-corrected chi connectivity index (χ2v) is 5.99. The van der Waals surface area contributed by atoms with Crippen LogP contribution in [-0.4, -0.2) is 60.6 Å². The van der Waals surface area contributed by atoms with Crippen molar-refractivity contribution in [1.82, 2.24) is 4.90 Å². The maximum atomic E-state index is 12.5. The number of carbonyl (C=O) groups excluding carboxylic acids is 2. The number of aliphatic carboxylic acids is 1. The SMILES string of the molecule is CCOC(=O)C1CCN(C(=O)CN(CC(=O)O)c2ccccc2)CC1. The lowest BCUT2D eigenvalue weighted by molar-refractivity contribution is -0.151. The molecule has 1 saturated heterocycles. The number of rotatable bonds is 7. The molecule has 1 N–H and O–H groups in total. The van der Waals surface area contributed by atoms with E-state index in [1.165, 1.54) is 0 Å². The first kappa shape index (κ1) is 18.8. The molecule has 1 aliphatic heterocycles. The van der Waals surface area contributed by atoms with Gasteiger partial charge in [-0.1, -0.05) is 18.2 Å². The fourth-order valence-corrected chi connectivity index (χ4v) is 2.93. The van der Waals surface area contributed by atoms with Gasteiger partial charge in [0, 0.05) is 18.8 Å². The van der Waals surface area contributed by atoms with Gasteiger partial charge in [-0.25, -0.2) is 0 Å². The smallest absolute Gasteiger partial charge is 0.323 e. The van der Waals surface area contributed by atoms with Gasteiger partial charge in [-0.15, -0.1) is 0 Å². The number of ether oxygens (including phenoxy) is 1. The molecule has 0 atom stereocenters. The minimum atomic E-state index is -0.988. The topological polar surface area (TPSA) is 87.2 Å². The number of hydrogen-bond donors (Lipinski definition) is 1. The molecule has 2 rings (SSSR count). The number of esters is 1. The summed E-state index contributed by atoms with van der Waals surface area (Å²) in [6.07, 6.45) is 1.16. The first-order chi connectivity index (χ1) is 12.0. The Balaban J connectivity index is 1.93. The summed E-state index contributed by atoms with van der Waals surface area (Å²) in [4.78, 5) is 38.6. The Bertz CT molecular complexity index is 597. The van der Waals surface area contributed by atoms with E-state index >= 15 is 0 Å². The highest BCUT2D eigenvalue weighted by Gasteiger charge is 2.29. The molecule has 0 unspecified atom stereocenters. The van der Waals surface area contributed by atoms with Crippen LogP contribution in [0, 0.1) is 5.92 Å². The summed E-state index contributed by atoms with van der Waals surface area (Å²) in [5, 5.41) is 9.10. The van der Waals surface area contributed by atoms with E-state index in [9.17, 15) is 14.4 Å². The van der Waals surface area contributed by atoms with Gasteiger partial charge in [0.05, 0.1) is 19.1 Å². The second kappa shape index (κ2) is 9.05. The van der Waals surface area contributed by atoms with Crippen molar-refractivity contribution >= 4 is 23.5 Å². The van der Waals surface area contributed by atoms with Crippen LogP contribution in [0.3, 0.4) is 0 Å². The van der Waals surface area contributed by atoms with Crippen LogP contribution in [0.25, 0.3) is 0 Å². The standard InChI is InChI=1S/C18H24N2O5/c1-2-25-18(24)14-8-10-19(11-9-14)16(21)12-20(13-17(22)23)15-6-4-3-5-7-15/h3-7,14H,2,8-13H2,1H3,(H,22,23). The molecule has 1 heterocycles. The number of likely N-dealkylation sites (tertiary alicyclic amines) is 1. The summed E-state index contributed by atoms with van der Waals surface area (Å²) in [6, 6.07) is 9.01. The Morgan fingerprint density at radius 3 is 2.36 bits per heavy atom. The Morgan fingerprint density at radius 1 is 1.16 bits per heavy atom. The number of carboxylic acid groups (broad SMARTS) is 1. The molecule has 1 aliphatic rings. The van der Waals surface area contributed by atoms with E-state index in [2.05, 4.69) is 0 Å². The minimum absolute atomic E-state index is 0.000383. The van der Waals surface area contributed by atoms with Gasteiger partial charge in [-0.3, -0.25) is 14.4 Å². The molecule has 1 amide bonds. The van der Waals surface area contributed by atoms with Gasteiger partial charge in [0.2, 0.25) is 5.91 Å². The van der Waals surface area contributed by atoms with Crippen molar-refractivity contribution in [3.63, 3.8) is 0 Å². The fraction of sp³-hybridized carbons (Fsp3) is 0.500. The van der Waals surface area contributed by atoms with Gasteiger partial charge >= 0.3 is 11.9 Å². The molecule has 0 aliphatic carbocycles. The van der Waals surface area contributed by atoms with Crippen molar-refractivity contribution in [2.24, 2.45) is 5.92 Å². The van der Waals surface area contributed by atoms with Gasteiger partial charge in [-0.2, -0.15) is 0 Å². The highest BCUT2D eigenvalue weighted by Crippen LogP contribution is 2.20. The lowest BCUT2D eigenvalue weighted by Crippen LogP contribution is -2.46. The predicted molar refractivity (Wildman–Crippen MR) is 92.2 cm³/mol. The van der Waals surface area contributed by atoms with E-state index in [4.69, 9.17) is 9.84 Å². The summed E-state index contributed by atoms with van der Waals surface area (Å²) in [5.74, 6) is -1.48. The molecule has 0 saturated carbocycles. The molecule has 7 heteroatoms. The van der Waals surface area contributed by atoms with Crippen molar-refractivity contribution in [3.05, 3.63) is 30.3 Å². The van der Waals surface area contributed by atoms with E-state index in [1.54, 1.807) is 41.0 Å². The zero-order chi connectivity index (χ0) is 18.2. The Labute approximate surface area is 147 Å². The molecule has 7 nitrogen and oxygen atoms in total. The summed E-state index contributed by atoms with van der Waals surface area (Å²) < 4.78 is 5.03. The molecule has 25 heavy (non-hydrogen) atoms. The number of para-hydroxylation sites is 1. The maximum absolute atomic E-state index is 12.5. The van der Waals surface area contributed by atoms with Gasteiger partial charge in [-0.05, 0) is 31.9 Å². The first-order valence-corrected chi connectivity index (χ1v) is 8.47. The summed E-state index contributed by atoms with van der Waals surface area (Å²) in [5.41, 5.74) is 0.694. The number of benzene rings is 1. The highest BCUT2D eigenvalue weighted by atomic mass is 16.5. The summed E-state index contributed by atoms with van der Waals surface area (Å²) in [6.45, 7) is 2.86. The van der Waals surface area contributed by atoms with Gasteiger partial charge in [0.25, 0.3) is 0 Å². The Hall–Kier alpha value is -2.57. The third-order valence-electron chi connectivity index (χ3n) is 4.24. The Kier molecular flexibility index (Phi) is 6.80. The first-order valence-electron chi connectivity index (χ1n) is 8.47. The molecular formula is C18H24N2O5. The molecular weight excluding hydrogens is 324 g/mol. The summed E-state index contributed by atoms with van der Waals surface area (Å²) >= 11 is 0. The number of nitrogens with zero attached hydrogens (tertiary/aromatic N) is 2. The number of carbonyl (C=O) groups is 3. The summed E-state index contributed by atoms with van der Waals surface area (Å²) in [7, 11) is 0. The van der Waals surface area contributed by atoms with Crippen LogP contribution in [0.1, 0.15) is 19.8 Å². The third-order valence-corrected chi connectivity index (χ3v) is 4.24. The molecule has 0 radical (unpaired) electrons. The van der Waals surface area contributed by atoms with Crippen LogP contribution >= 0.6 is 0 Å². The van der Waals surface area contributed by atoms with Crippen LogP contribution < -0.4 is 4.90 Å². The lowest BCUT2D eigenvalue weighted by Gasteiger charge is -2.33. The molecule has 0 bridgehead atoms. The van der Waals surface area contributed by atoms with E-state index in [0.29, 0.717) is 38.2 Å². The number of carboxylic acids is 1. The maximum Gasteiger partial charge on any atom is 0.323 e. The average Bonchev–Trinajstić information content (AvgIpc) is 2.62. The van der Waals surface area contributed by atoms with E-state index < -0.39 is 5.97 Å². The molecule has 1 fully saturated rings. The third kappa shape index (κ3) is 5.48. The highest BCUT2D eigenvalue weighted by molar-refractivity contribution is 5.84. The van der Waals surface area contributed by atoms with Crippen LogP contribution in [-0.2, 0) is 19.1 Å². The monoisotopic (exact) mass is 348 g/mol. The largest absolute Gasteiger partial charge is 0.480 e. The molecule has 136 valence electrons.